The van der Waals surface area contributed by atoms with Crippen molar-refractivity contribution in [2.45, 2.75) is 38.6 Å². The Morgan fingerprint density at radius 3 is 2.91 bits per heavy atom. The largest absolute Gasteiger partial charge is 0.341 e. The molecule has 0 spiro atoms. The number of rotatable bonds is 4. The Morgan fingerprint density at radius 2 is 2.23 bits per heavy atom. The van der Waals surface area contributed by atoms with Crippen LogP contribution in [0.1, 0.15) is 44.5 Å². The van der Waals surface area contributed by atoms with Crippen LogP contribution in [0.3, 0.4) is 0 Å². The molecule has 1 saturated heterocycles. The first-order chi connectivity index (χ1) is 10.5. The van der Waals surface area contributed by atoms with Crippen molar-refractivity contribution in [1.29, 1.82) is 0 Å². The lowest BCUT2D eigenvalue weighted by Gasteiger charge is -2.32. The zero-order valence-electron chi connectivity index (χ0n) is 13.4. The van der Waals surface area contributed by atoms with Gasteiger partial charge in [0, 0.05) is 32.1 Å². The number of likely N-dealkylation sites (tertiary alicyclic amines) is 1. The highest BCUT2D eigenvalue weighted by Gasteiger charge is 2.28. The Kier molecular flexibility index (Phi) is 5.35. The second-order valence-electron chi connectivity index (χ2n) is 5.80. The van der Waals surface area contributed by atoms with Gasteiger partial charge in [0.2, 0.25) is 5.91 Å². The highest BCUT2D eigenvalue weighted by molar-refractivity contribution is 5.83. The minimum atomic E-state index is -0.346. The van der Waals surface area contributed by atoms with Crippen molar-refractivity contribution in [1.82, 2.24) is 30.3 Å². The third kappa shape index (κ3) is 3.75. The van der Waals surface area contributed by atoms with Crippen LogP contribution in [0.2, 0.25) is 0 Å². The van der Waals surface area contributed by atoms with Gasteiger partial charge in [-0.1, -0.05) is 0 Å². The first-order valence-corrected chi connectivity index (χ1v) is 7.65. The van der Waals surface area contributed by atoms with Gasteiger partial charge in [-0.2, -0.15) is 0 Å². The van der Waals surface area contributed by atoms with Crippen LogP contribution < -0.4 is 10.6 Å². The van der Waals surface area contributed by atoms with Crippen molar-refractivity contribution in [2.75, 3.05) is 26.7 Å². The van der Waals surface area contributed by atoms with Crippen molar-refractivity contribution >= 4 is 11.9 Å². The van der Waals surface area contributed by atoms with Crippen molar-refractivity contribution in [3.63, 3.8) is 0 Å². The molecule has 1 aliphatic rings. The van der Waals surface area contributed by atoms with Crippen LogP contribution in [0.25, 0.3) is 0 Å². The van der Waals surface area contributed by atoms with Crippen molar-refractivity contribution < 1.29 is 9.59 Å². The normalized spacial score (nSPS) is 18.4. The number of piperidine rings is 1. The fraction of sp³-hybridized carbons (Fsp3) is 0.714. The van der Waals surface area contributed by atoms with Crippen LogP contribution in [0.15, 0.2) is 6.33 Å². The summed E-state index contributed by atoms with van der Waals surface area (Å²) in [5, 5.41) is 13.2. The summed E-state index contributed by atoms with van der Waals surface area (Å²) in [6.45, 7) is 5.54. The smallest absolute Gasteiger partial charge is 0.314 e. The number of nitrogens with zero attached hydrogens (tertiary/aromatic N) is 4. The van der Waals surface area contributed by atoms with Gasteiger partial charge in [0.25, 0.3) is 0 Å². The predicted octanol–water partition coefficient (Wildman–Crippen LogP) is 0.494. The summed E-state index contributed by atoms with van der Waals surface area (Å²) in [4.78, 5) is 25.1. The number of amides is 3. The SMILES string of the molecule is CNC(=O)NCC(=O)N1CCCC(c2nncn2C(C)C)C1. The highest BCUT2D eigenvalue weighted by atomic mass is 16.2. The van der Waals surface area contributed by atoms with Gasteiger partial charge < -0.3 is 20.1 Å². The second-order valence-corrected chi connectivity index (χ2v) is 5.80. The number of aromatic nitrogens is 3. The van der Waals surface area contributed by atoms with Gasteiger partial charge in [0.15, 0.2) is 0 Å². The van der Waals surface area contributed by atoms with Crippen LogP contribution in [-0.2, 0) is 4.79 Å². The number of hydrogen-bond acceptors (Lipinski definition) is 4. The maximum absolute atomic E-state index is 12.2. The molecule has 1 fully saturated rings. The standard InChI is InChI=1S/C14H24N6O2/c1-10(2)20-9-17-18-13(20)11-5-4-6-19(8-11)12(21)7-16-14(22)15-3/h9-11H,4-8H2,1-3H3,(H2,15,16,22). The lowest BCUT2D eigenvalue weighted by molar-refractivity contribution is -0.131. The quantitative estimate of drug-likeness (QED) is 0.847. The summed E-state index contributed by atoms with van der Waals surface area (Å²) >= 11 is 0. The summed E-state index contributed by atoms with van der Waals surface area (Å²) in [6.07, 6.45) is 3.67. The predicted molar refractivity (Wildman–Crippen MR) is 81.4 cm³/mol. The molecule has 22 heavy (non-hydrogen) atoms. The van der Waals surface area contributed by atoms with E-state index in [0.29, 0.717) is 12.6 Å². The van der Waals surface area contributed by atoms with Crippen LogP contribution in [0.4, 0.5) is 4.79 Å². The van der Waals surface area contributed by atoms with Crippen molar-refractivity contribution in [2.24, 2.45) is 0 Å². The summed E-state index contributed by atoms with van der Waals surface area (Å²) < 4.78 is 2.06. The number of hydrogen-bond donors (Lipinski definition) is 2. The molecule has 1 aromatic rings. The van der Waals surface area contributed by atoms with E-state index in [1.165, 1.54) is 7.05 Å². The average Bonchev–Trinajstić information content (AvgIpc) is 3.02. The monoisotopic (exact) mass is 308 g/mol. The van der Waals surface area contributed by atoms with Gasteiger partial charge in [0.05, 0.1) is 6.54 Å². The molecule has 0 aliphatic carbocycles. The molecule has 122 valence electrons. The summed E-state index contributed by atoms with van der Waals surface area (Å²) in [6, 6.07) is -0.0487. The molecule has 0 bridgehead atoms. The molecule has 1 aromatic heterocycles. The summed E-state index contributed by atoms with van der Waals surface area (Å²) in [7, 11) is 1.52. The van der Waals surface area contributed by atoms with Gasteiger partial charge in [-0.25, -0.2) is 4.79 Å². The Labute approximate surface area is 130 Å². The van der Waals surface area contributed by atoms with Gasteiger partial charge in [-0.15, -0.1) is 10.2 Å². The molecule has 8 nitrogen and oxygen atoms in total. The first kappa shape index (κ1) is 16.3. The average molecular weight is 308 g/mol. The highest BCUT2D eigenvalue weighted by Crippen LogP contribution is 2.26. The third-order valence-electron chi connectivity index (χ3n) is 3.92. The fourth-order valence-corrected chi connectivity index (χ4v) is 2.71. The summed E-state index contributed by atoms with van der Waals surface area (Å²) in [5.41, 5.74) is 0. The minimum absolute atomic E-state index is 0.0171. The minimum Gasteiger partial charge on any atom is -0.341 e. The zero-order valence-corrected chi connectivity index (χ0v) is 13.4. The molecule has 0 saturated carbocycles. The zero-order chi connectivity index (χ0) is 16.1. The molecule has 2 rings (SSSR count). The van der Waals surface area contributed by atoms with Crippen LogP contribution in [0, 0.1) is 0 Å². The molecular weight excluding hydrogens is 284 g/mol. The van der Waals surface area contributed by atoms with E-state index in [9.17, 15) is 9.59 Å². The summed E-state index contributed by atoms with van der Waals surface area (Å²) in [5.74, 6) is 1.07. The van der Waals surface area contributed by atoms with Crippen molar-refractivity contribution in [3.8, 4) is 0 Å². The fourth-order valence-electron chi connectivity index (χ4n) is 2.71. The topological polar surface area (TPSA) is 92.2 Å². The van der Waals surface area contributed by atoms with Gasteiger partial charge in [-0.05, 0) is 26.7 Å². The third-order valence-corrected chi connectivity index (χ3v) is 3.92. The van der Waals surface area contributed by atoms with E-state index >= 15 is 0 Å². The Morgan fingerprint density at radius 1 is 1.45 bits per heavy atom. The van der Waals surface area contributed by atoms with Crippen LogP contribution >= 0.6 is 0 Å². The number of carbonyl (C=O) groups excluding carboxylic acids is 2. The lowest BCUT2D eigenvalue weighted by atomic mass is 9.97. The number of nitrogens with one attached hydrogen (secondary N) is 2. The van der Waals surface area contributed by atoms with Gasteiger partial charge in [-0.3, -0.25) is 4.79 Å². The van der Waals surface area contributed by atoms with E-state index in [-0.39, 0.29) is 24.4 Å². The Hall–Kier alpha value is -2.12. The maximum Gasteiger partial charge on any atom is 0.314 e. The molecular formula is C14H24N6O2. The van der Waals surface area contributed by atoms with Crippen LogP contribution in [0.5, 0.6) is 0 Å². The van der Waals surface area contributed by atoms with E-state index < -0.39 is 0 Å². The molecule has 3 amide bonds. The van der Waals surface area contributed by atoms with Crippen LogP contribution in [-0.4, -0.2) is 58.3 Å². The van der Waals surface area contributed by atoms with E-state index in [4.69, 9.17) is 0 Å². The van der Waals surface area contributed by atoms with Crippen molar-refractivity contribution in [3.05, 3.63) is 12.2 Å². The number of carbonyl (C=O) groups is 2. The molecule has 1 aliphatic heterocycles. The van der Waals surface area contributed by atoms with Gasteiger partial charge in [0.1, 0.15) is 12.2 Å². The van der Waals surface area contributed by atoms with Gasteiger partial charge >= 0.3 is 6.03 Å². The molecule has 1 unspecified atom stereocenters. The molecule has 0 radical (unpaired) electrons. The van der Waals surface area contributed by atoms with E-state index in [2.05, 4.69) is 39.2 Å². The van der Waals surface area contributed by atoms with E-state index in [1.807, 2.05) is 0 Å². The first-order valence-electron chi connectivity index (χ1n) is 7.65. The number of urea groups is 1. The Balaban J connectivity index is 1.98. The second kappa shape index (κ2) is 7.24. The lowest BCUT2D eigenvalue weighted by Crippen LogP contribution is -2.46. The Bertz CT molecular complexity index is 527. The molecule has 2 heterocycles. The maximum atomic E-state index is 12.2. The molecule has 8 heteroatoms. The van der Waals surface area contributed by atoms with E-state index in [0.717, 1.165) is 25.2 Å². The molecule has 2 N–H and O–H groups in total. The molecule has 0 aromatic carbocycles. The van der Waals surface area contributed by atoms with E-state index in [1.54, 1.807) is 11.2 Å². The molecule has 1 atom stereocenters.